The summed E-state index contributed by atoms with van der Waals surface area (Å²) in [4.78, 5) is 10.2. The second kappa shape index (κ2) is 9.82. The van der Waals surface area contributed by atoms with Crippen molar-refractivity contribution in [3.05, 3.63) is 69.8 Å². The van der Waals surface area contributed by atoms with Gasteiger partial charge < -0.3 is 10.6 Å². The van der Waals surface area contributed by atoms with Gasteiger partial charge in [0.2, 0.25) is 0 Å². The molecule has 0 bridgehead atoms. The van der Waals surface area contributed by atoms with Crippen LogP contribution >= 0.6 is 12.4 Å². The number of rotatable bonds is 8. The molecule has 2 aromatic carbocycles. The van der Waals surface area contributed by atoms with E-state index in [1.54, 1.807) is 12.1 Å². The molecule has 0 saturated heterocycles. The smallest absolute Gasteiger partial charge is 0.269 e. The summed E-state index contributed by atoms with van der Waals surface area (Å²) in [6.07, 6.45) is 1.06. The fraction of sp³-hybridized carbons (Fsp3) is 0.294. The number of benzene rings is 2. The van der Waals surface area contributed by atoms with Crippen LogP contribution in [0.4, 0.5) is 11.4 Å². The standard InChI is InChI=1S/C17H21N3O2.ClH/c1-2-14-3-5-15(6-4-14)13-18-11-12-19-16-7-9-17(10-8-16)20(21)22;/h3-10,18-19H,2,11-13H2,1H3;1H. The van der Waals surface area contributed by atoms with Gasteiger partial charge in [0, 0.05) is 37.5 Å². The Bertz CT molecular complexity index is 600. The molecule has 2 aromatic rings. The van der Waals surface area contributed by atoms with Crippen LogP contribution in [0.1, 0.15) is 18.1 Å². The summed E-state index contributed by atoms with van der Waals surface area (Å²) in [5.74, 6) is 0. The first-order valence-electron chi connectivity index (χ1n) is 7.46. The van der Waals surface area contributed by atoms with Crippen LogP contribution in [-0.4, -0.2) is 18.0 Å². The zero-order chi connectivity index (χ0) is 15.8. The van der Waals surface area contributed by atoms with Crippen LogP contribution in [0.5, 0.6) is 0 Å². The number of anilines is 1. The first-order valence-corrected chi connectivity index (χ1v) is 7.46. The lowest BCUT2D eigenvalue weighted by atomic mass is 10.1. The van der Waals surface area contributed by atoms with Crippen molar-refractivity contribution in [1.29, 1.82) is 0 Å². The van der Waals surface area contributed by atoms with E-state index in [4.69, 9.17) is 0 Å². The van der Waals surface area contributed by atoms with Gasteiger partial charge in [-0.05, 0) is 29.7 Å². The molecule has 124 valence electrons. The predicted octanol–water partition coefficient (Wildman–Crippen LogP) is 3.78. The van der Waals surface area contributed by atoms with Crippen LogP contribution in [0.2, 0.25) is 0 Å². The van der Waals surface area contributed by atoms with Crippen LogP contribution in [0.15, 0.2) is 48.5 Å². The molecule has 23 heavy (non-hydrogen) atoms. The average Bonchev–Trinajstić information content (AvgIpc) is 2.55. The Hall–Kier alpha value is -2.11. The Morgan fingerprint density at radius 3 is 2.13 bits per heavy atom. The second-order valence-electron chi connectivity index (χ2n) is 5.08. The third kappa shape index (κ3) is 6.26. The molecular weight excluding hydrogens is 314 g/mol. The van der Waals surface area contributed by atoms with Crippen molar-refractivity contribution in [2.75, 3.05) is 18.4 Å². The topological polar surface area (TPSA) is 67.2 Å². The molecule has 0 heterocycles. The molecule has 0 amide bonds. The van der Waals surface area contributed by atoms with Gasteiger partial charge in [-0.3, -0.25) is 10.1 Å². The molecule has 0 fully saturated rings. The maximum atomic E-state index is 10.6. The third-order valence-corrected chi connectivity index (χ3v) is 3.47. The Labute approximate surface area is 142 Å². The molecule has 0 atom stereocenters. The number of aryl methyl sites for hydroxylation is 1. The molecule has 5 nitrogen and oxygen atoms in total. The van der Waals surface area contributed by atoms with Gasteiger partial charge >= 0.3 is 0 Å². The molecule has 0 aliphatic rings. The summed E-state index contributed by atoms with van der Waals surface area (Å²) in [6, 6.07) is 15.1. The number of nitrogens with one attached hydrogen (secondary N) is 2. The van der Waals surface area contributed by atoms with E-state index in [2.05, 4.69) is 41.8 Å². The quantitative estimate of drug-likeness (QED) is 0.437. The summed E-state index contributed by atoms with van der Waals surface area (Å²) in [5.41, 5.74) is 3.62. The highest BCUT2D eigenvalue weighted by molar-refractivity contribution is 5.85. The molecular formula is C17H22ClN3O2. The molecule has 0 saturated carbocycles. The van der Waals surface area contributed by atoms with Crippen molar-refractivity contribution < 1.29 is 4.92 Å². The summed E-state index contributed by atoms with van der Waals surface area (Å²) in [5, 5.41) is 17.2. The van der Waals surface area contributed by atoms with E-state index in [1.165, 1.54) is 23.3 Å². The van der Waals surface area contributed by atoms with Crippen molar-refractivity contribution in [1.82, 2.24) is 5.32 Å². The SMILES string of the molecule is CCc1ccc(CNCCNc2ccc([N+](=O)[O-])cc2)cc1.Cl. The maximum Gasteiger partial charge on any atom is 0.269 e. The molecule has 2 rings (SSSR count). The minimum Gasteiger partial charge on any atom is -0.384 e. The largest absolute Gasteiger partial charge is 0.384 e. The number of nitro benzene ring substituents is 1. The number of nitro groups is 1. The van der Waals surface area contributed by atoms with Crippen molar-refractivity contribution in [3.8, 4) is 0 Å². The summed E-state index contributed by atoms with van der Waals surface area (Å²) in [7, 11) is 0. The predicted molar refractivity (Wildman–Crippen MR) is 96.4 cm³/mol. The maximum absolute atomic E-state index is 10.6. The van der Waals surface area contributed by atoms with Crippen LogP contribution in [0.3, 0.4) is 0 Å². The van der Waals surface area contributed by atoms with Gasteiger partial charge in [0.05, 0.1) is 4.92 Å². The fourth-order valence-electron chi connectivity index (χ4n) is 2.12. The molecule has 0 aliphatic carbocycles. The number of hydrogen-bond acceptors (Lipinski definition) is 4. The highest BCUT2D eigenvalue weighted by Crippen LogP contribution is 2.14. The number of nitrogens with zero attached hydrogens (tertiary/aromatic N) is 1. The van der Waals surface area contributed by atoms with Gasteiger partial charge in [0.25, 0.3) is 5.69 Å². The fourth-order valence-corrected chi connectivity index (χ4v) is 2.12. The van der Waals surface area contributed by atoms with Crippen molar-refractivity contribution in [2.45, 2.75) is 19.9 Å². The Balaban J connectivity index is 0.00000264. The number of non-ortho nitro benzene ring substituents is 1. The second-order valence-corrected chi connectivity index (χ2v) is 5.08. The minimum absolute atomic E-state index is 0. The zero-order valence-corrected chi connectivity index (χ0v) is 13.9. The lowest BCUT2D eigenvalue weighted by molar-refractivity contribution is -0.384. The molecule has 0 unspecified atom stereocenters. The van der Waals surface area contributed by atoms with Gasteiger partial charge in [-0.25, -0.2) is 0 Å². The molecule has 0 spiro atoms. The summed E-state index contributed by atoms with van der Waals surface area (Å²) in [6.45, 7) is 4.58. The third-order valence-electron chi connectivity index (χ3n) is 3.47. The van der Waals surface area contributed by atoms with Gasteiger partial charge in [-0.2, -0.15) is 0 Å². The van der Waals surface area contributed by atoms with E-state index in [-0.39, 0.29) is 18.1 Å². The van der Waals surface area contributed by atoms with Crippen LogP contribution in [-0.2, 0) is 13.0 Å². The van der Waals surface area contributed by atoms with E-state index < -0.39 is 4.92 Å². The van der Waals surface area contributed by atoms with E-state index >= 15 is 0 Å². The van der Waals surface area contributed by atoms with E-state index in [0.29, 0.717) is 0 Å². The Kier molecular flexibility index (Phi) is 8.08. The number of halogens is 1. The monoisotopic (exact) mass is 335 g/mol. The number of hydrogen-bond donors (Lipinski definition) is 2. The Morgan fingerprint density at radius 1 is 0.957 bits per heavy atom. The van der Waals surface area contributed by atoms with Crippen LogP contribution in [0, 0.1) is 10.1 Å². The average molecular weight is 336 g/mol. The summed E-state index contributed by atoms with van der Waals surface area (Å²) >= 11 is 0. The molecule has 0 aliphatic heterocycles. The normalized spacial score (nSPS) is 9.96. The van der Waals surface area contributed by atoms with Gasteiger partial charge in [-0.1, -0.05) is 31.2 Å². The Morgan fingerprint density at radius 2 is 1.57 bits per heavy atom. The summed E-state index contributed by atoms with van der Waals surface area (Å²) < 4.78 is 0. The van der Waals surface area contributed by atoms with Crippen molar-refractivity contribution >= 4 is 23.8 Å². The van der Waals surface area contributed by atoms with E-state index in [1.807, 2.05) is 0 Å². The molecule has 6 heteroatoms. The lowest BCUT2D eigenvalue weighted by Gasteiger charge is -2.08. The highest BCUT2D eigenvalue weighted by Gasteiger charge is 2.03. The molecule has 0 radical (unpaired) electrons. The first kappa shape index (κ1) is 18.9. The lowest BCUT2D eigenvalue weighted by Crippen LogP contribution is -2.21. The minimum atomic E-state index is -0.394. The first-order chi connectivity index (χ1) is 10.7. The van der Waals surface area contributed by atoms with Gasteiger partial charge in [0.15, 0.2) is 0 Å². The molecule has 0 aromatic heterocycles. The van der Waals surface area contributed by atoms with Gasteiger partial charge in [-0.15, -0.1) is 12.4 Å². The highest BCUT2D eigenvalue weighted by atomic mass is 35.5. The van der Waals surface area contributed by atoms with Crippen molar-refractivity contribution in [3.63, 3.8) is 0 Å². The van der Waals surface area contributed by atoms with E-state index in [9.17, 15) is 10.1 Å². The zero-order valence-electron chi connectivity index (χ0n) is 13.1. The van der Waals surface area contributed by atoms with E-state index in [0.717, 1.165) is 31.7 Å². The van der Waals surface area contributed by atoms with Gasteiger partial charge in [0.1, 0.15) is 0 Å². The molecule has 2 N–H and O–H groups in total. The van der Waals surface area contributed by atoms with Crippen LogP contribution in [0.25, 0.3) is 0 Å². The van der Waals surface area contributed by atoms with Crippen molar-refractivity contribution in [2.24, 2.45) is 0 Å². The van der Waals surface area contributed by atoms with Crippen LogP contribution < -0.4 is 10.6 Å².